The highest BCUT2D eigenvalue weighted by molar-refractivity contribution is 6.74. The largest absolute Gasteiger partial charge is 0.463 e. The highest BCUT2D eigenvalue weighted by atomic mass is 28.4. The van der Waals surface area contributed by atoms with Gasteiger partial charge in [-0.25, -0.2) is 4.79 Å². The Morgan fingerprint density at radius 2 is 1.45 bits per heavy atom. The van der Waals surface area contributed by atoms with Crippen molar-refractivity contribution in [1.29, 1.82) is 0 Å². The Bertz CT molecular complexity index is 942. The molecule has 0 aliphatic rings. The third kappa shape index (κ3) is 11.2. The number of allylic oxidation sites excluding steroid dienone is 1. The van der Waals surface area contributed by atoms with Crippen molar-refractivity contribution < 1.29 is 23.1 Å². The molecule has 0 N–H and O–H groups in total. The average molecular weight is 593 g/mol. The molecule has 230 valence electrons. The molecule has 0 aromatic heterocycles. The molecule has 0 bridgehead atoms. The van der Waals surface area contributed by atoms with Gasteiger partial charge in [-0.05, 0) is 74.4 Å². The predicted octanol–water partition coefficient (Wildman–Crippen LogP) is 9.30. The zero-order chi connectivity index (χ0) is 31.0. The molecule has 1 rings (SSSR count). The fourth-order valence-corrected chi connectivity index (χ4v) is 7.08. The van der Waals surface area contributed by atoms with Crippen LogP contribution in [0.1, 0.15) is 87.6 Å². The van der Waals surface area contributed by atoms with Crippen LogP contribution >= 0.6 is 0 Å². The normalized spacial score (nSPS) is 16.1. The molecule has 0 radical (unpaired) electrons. The van der Waals surface area contributed by atoms with Gasteiger partial charge in [-0.2, -0.15) is 0 Å². The van der Waals surface area contributed by atoms with Crippen molar-refractivity contribution in [3.63, 3.8) is 0 Å². The van der Waals surface area contributed by atoms with Crippen LogP contribution in [-0.2, 0) is 29.7 Å². The molecule has 7 heteroatoms. The van der Waals surface area contributed by atoms with Crippen LogP contribution < -0.4 is 0 Å². The maximum atomic E-state index is 12.4. The highest BCUT2D eigenvalue weighted by Gasteiger charge is 2.49. The summed E-state index contributed by atoms with van der Waals surface area (Å²) in [6.07, 6.45) is 2.85. The molecular formula is C33H60O5Si2. The molecule has 0 amide bonds. The molecule has 1 aromatic rings. The monoisotopic (exact) mass is 592 g/mol. The minimum Gasteiger partial charge on any atom is -0.463 e. The first-order chi connectivity index (χ1) is 18.1. The molecule has 0 heterocycles. The number of benzene rings is 1. The summed E-state index contributed by atoms with van der Waals surface area (Å²) in [5.74, 6) is -0.0610. The van der Waals surface area contributed by atoms with Crippen LogP contribution in [0.3, 0.4) is 0 Å². The van der Waals surface area contributed by atoms with Crippen molar-refractivity contribution in [2.24, 2.45) is 5.92 Å². The second-order valence-corrected chi connectivity index (χ2v) is 24.1. The number of hydrogen-bond acceptors (Lipinski definition) is 5. The molecule has 0 unspecified atom stereocenters. The van der Waals surface area contributed by atoms with E-state index in [0.29, 0.717) is 19.8 Å². The van der Waals surface area contributed by atoms with E-state index in [1.54, 1.807) is 6.08 Å². The van der Waals surface area contributed by atoms with Gasteiger partial charge in [0, 0.05) is 6.08 Å². The predicted molar refractivity (Wildman–Crippen MR) is 174 cm³/mol. The Balaban J connectivity index is 3.52. The summed E-state index contributed by atoms with van der Waals surface area (Å²) < 4.78 is 26.1. The second-order valence-electron chi connectivity index (χ2n) is 14.7. The highest BCUT2D eigenvalue weighted by Crippen LogP contribution is 2.44. The number of carbonyl (C=O) groups is 1. The number of esters is 1. The van der Waals surface area contributed by atoms with Crippen molar-refractivity contribution in [1.82, 2.24) is 0 Å². The van der Waals surface area contributed by atoms with Gasteiger partial charge in [0.05, 0.1) is 31.5 Å². The van der Waals surface area contributed by atoms with Gasteiger partial charge in [-0.15, -0.1) is 0 Å². The van der Waals surface area contributed by atoms with Crippen LogP contribution in [-0.4, -0.2) is 47.5 Å². The van der Waals surface area contributed by atoms with Crippen molar-refractivity contribution in [3.05, 3.63) is 47.5 Å². The van der Waals surface area contributed by atoms with Crippen LogP contribution in [0.2, 0.25) is 36.3 Å². The minimum absolute atomic E-state index is 0.0301. The summed E-state index contributed by atoms with van der Waals surface area (Å²) in [5, 5.41) is 0.0673. The Labute approximate surface area is 248 Å². The summed E-state index contributed by atoms with van der Waals surface area (Å²) in [6, 6.07) is 10.3. The van der Waals surface area contributed by atoms with E-state index >= 15 is 0 Å². The van der Waals surface area contributed by atoms with Crippen molar-refractivity contribution in [2.45, 2.75) is 137 Å². The van der Waals surface area contributed by atoms with E-state index in [2.05, 4.69) is 101 Å². The molecule has 0 aliphatic carbocycles. The van der Waals surface area contributed by atoms with Gasteiger partial charge in [-0.1, -0.05) is 91.3 Å². The first-order valence-electron chi connectivity index (χ1n) is 15.0. The summed E-state index contributed by atoms with van der Waals surface area (Å²) in [7, 11) is -4.38. The first-order valence-corrected chi connectivity index (χ1v) is 20.8. The topological polar surface area (TPSA) is 54.0 Å². The number of rotatable bonds is 15. The van der Waals surface area contributed by atoms with E-state index in [4.69, 9.17) is 18.3 Å². The Morgan fingerprint density at radius 3 is 1.93 bits per heavy atom. The lowest BCUT2D eigenvalue weighted by atomic mass is 9.88. The smallest absolute Gasteiger partial charge is 0.330 e. The van der Waals surface area contributed by atoms with Crippen molar-refractivity contribution >= 4 is 22.6 Å². The summed E-state index contributed by atoms with van der Waals surface area (Å²) in [5.41, 5.74) is 1.59. The number of hydrogen-bond donors (Lipinski definition) is 0. The Hall–Kier alpha value is -1.26. The molecular weight excluding hydrogens is 533 g/mol. The lowest BCUT2D eigenvalue weighted by Crippen LogP contribution is -2.59. The van der Waals surface area contributed by atoms with E-state index < -0.39 is 22.2 Å². The van der Waals surface area contributed by atoms with E-state index in [1.165, 1.54) is 0 Å². The molecule has 40 heavy (non-hydrogen) atoms. The minimum atomic E-state index is -2.20. The molecule has 5 nitrogen and oxygen atoms in total. The van der Waals surface area contributed by atoms with Gasteiger partial charge in [0.25, 0.3) is 0 Å². The third-order valence-corrected chi connectivity index (χ3v) is 17.9. The zero-order valence-electron chi connectivity index (χ0n) is 28.2. The lowest BCUT2D eigenvalue weighted by Gasteiger charge is -2.50. The average Bonchev–Trinajstić information content (AvgIpc) is 2.80. The van der Waals surface area contributed by atoms with E-state index in [9.17, 15) is 4.79 Å². The fraction of sp³-hybridized carbons (Fsp3) is 0.727. The number of ether oxygens (including phenoxy) is 2. The molecule has 0 spiro atoms. The Kier molecular flexibility index (Phi) is 13.6. The second kappa shape index (κ2) is 14.8. The zero-order valence-corrected chi connectivity index (χ0v) is 30.2. The van der Waals surface area contributed by atoms with Crippen LogP contribution in [0.25, 0.3) is 0 Å². The maximum absolute atomic E-state index is 12.4. The number of carbonyl (C=O) groups excluding carboxylic acids is 1. The summed E-state index contributed by atoms with van der Waals surface area (Å²) in [4.78, 5) is 12.4. The van der Waals surface area contributed by atoms with Gasteiger partial charge in [0.1, 0.15) is 0 Å². The first kappa shape index (κ1) is 36.8. The van der Waals surface area contributed by atoms with Gasteiger partial charge in [0.2, 0.25) is 0 Å². The van der Waals surface area contributed by atoms with E-state index in [-0.39, 0.29) is 28.1 Å². The molecule has 0 aliphatic heterocycles. The maximum Gasteiger partial charge on any atom is 0.330 e. The SMILES string of the molecule is CCOC(=O)/C=C(\CC[C@@](C)(O[Si](C)(C)C(C)(C)C)[C@H](COCc1ccccc1)O[Si](C)(C)C(C)(C)C)C(C)C. The van der Waals surface area contributed by atoms with Gasteiger partial charge < -0.3 is 18.3 Å². The van der Waals surface area contributed by atoms with E-state index in [1.807, 2.05) is 25.1 Å². The van der Waals surface area contributed by atoms with E-state index in [0.717, 1.165) is 24.0 Å². The standard InChI is InChI=1S/C33H60O5Si2/c1-15-36-30(34)23-28(26(2)3)21-22-33(10,38-40(13,14)32(7,8)9)29(37-39(11,12)31(4,5)6)25-35-24-27-19-17-16-18-20-27/h16-20,23,26,29H,15,21-22,24-25H2,1-14H3/b28-23+/t29-,33+/m0/s1. The van der Waals surface area contributed by atoms with Crippen molar-refractivity contribution in [3.8, 4) is 0 Å². The molecule has 0 saturated heterocycles. The van der Waals surface area contributed by atoms with Crippen LogP contribution in [0.4, 0.5) is 0 Å². The molecule has 2 atom stereocenters. The molecule has 1 aromatic carbocycles. The van der Waals surface area contributed by atoms with Crippen LogP contribution in [0.5, 0.6) is 0 Å². The van der Waals surface area contributed by atoms with Crippen molar-refractivity contribution in [2.75, 3.05) is 13.2 Å². The molecule has 0 fully saturated rings. The molecule has 0 saturated carbocycles. The quantitative estimate of drug-likeness (QED) is 0.115. The van der Waals surface area contributed by atoms with Crippen LogP contribution in [0.15, 0.2) is 42.0 Å². The van der Waals surface area contributed by atoms with Gasteiger partial charge in [-0.3, -0.25) is 0 Å². The Morgan fingerprint density at radius 1 is 0.900 bits per heavy atom. The van der Waals surface area contributed by atoms with Gasteiger partial charge >= 0.3 is 5.97 Å². The fourth-order valence-electron chi connectivity index (χ4n) is 3.99. The van der Waals surface area contributed by atoms with Gasteiger partial charge in [0.15, 0.2) is 16.6 Å². The lowest BCUT2D eigenvalue weighted by molar-refractivity contribution is -0.137. The third-order valence-electron chi connectivity index (χ3n) is 8.84. The summed E-state index contributed by atoms with van der Waals surface area (Å²) >= 11 is 0. The van der Waals surface area contributed by atoms with Crippen LogP contribution in [0, 0.1) is 5.92 Å². The summed E-state index contributed by atoms with van der Waals surface area (Å²) in [6.45, 7) is 32.5.